The van der Waals surface area contributed by atoms with Crippen LogP contribution >= 0.6 is 11.5 Å². The highest BCUT2D eigenvalue weighted by atomic mass is 32.1. The van der Waals surface area contributed by atoms with Crippen molar-refractivity contribution in [3.05, 3.63) is 39.3 Å². The molecule has 0 aliphatic carbocycles. The molecular weight excluding hydrogens is 366 g/mol. The molecular formula is C18H25N5O3S. The standard InChI is InChI=1S/C18H25N5O3S/c1-13-16(12-27-20-13)18(25)22-6-4-5-14(11-22)23-17(24)9-15(10-19-23)21(2)7-8-26-3/h9-10,12,14H,4-8,11H2,1-3H3. The minimum atomic E-state index is -0.149. The van der Waals surface area contributed by atoms with Crippen molar-refractivity contribution in [1.82, 2.24) is 19.1 Å². The molecule has 0 N–H and O–H groups in total. The minimum absolute atomic E-state index is 0.0186. The lowest BCUT2D eigenvalue weighted by atomic mass is 10.0. The van der Waals surface area contributed by atoms with E-state index in [2.05, 4.69) is 9.47 Å². The molecule has 3 rings (SSSR count). The number of carbonyl (C=O) groups is 1. The van der Waals surface area contributed by atoms with Gasteiger partial charge in [-0.25, -0.2) is 4.68 Å². The number of amides is 1. The Bertz CT molecular complexity index is 850. The second kappa shape index (κ2) is 8.62. The summed E-state index contributed by atoms with van der Waals surface area (Å²) < 4.78 is 10.8. The van der Waals surface area contributed by atoms with Gasteiger partial charge >= 0.3 is 0 Å². The van der Waals surface area contributed by atoms with Crippen LogP contribution in [0.25, 0.3) is 0 Å². The largest absolute Gasteiger partial charge is 0.383 e. The van der Waals surface area contributed by atoms with E-state index in [1.807, 2.05) is 18.9 Å². The number of aromatic nitrogens is 3. The molecule has 1 fully saturated rings. The zero-order valence-corrected chi connectivity index (χ0v) is 16.7. The van der Waals surface area contributed by atoms with E-state index >= 15 is 0 Å². The highest BCUT2D eigenvalue weighted by molar-refractivity contribution is 7.03. The average molecular weight is 391 g/mol. The lowest BCUT2D eigenvalue weighted by molar-refractivity contribution is 0.0669. The van der Waals surface area contributed by atoms with Gasteiger partial charge in [-0.1, -0.05) is 0 Å². The highest BCUT2D eigenvalue weighted by Gasteiger charge is 2.28. The Kier molecular flexibility index (Phi) is 6.22. The molecule has 0 bridgehead atoms. The number of ether oxygens (including phenoxy) is 1. The minimum Gasteiger partial charge on any atom is -0.383 e. The van der Waals surface area contributed by atoms with Gasteiger partial charge in [0, 0.05) is 45.2 Å². The molecule has 1 aliphatic heterocycles. The first kappa shape index (κ1) is 19.5. The van der Waals surface area contributed by atoms with Gasteiger partial charge in [0.1, 0.15) is 0 Å². The number of rotatable bonds is 6. The van der Waals surface area contributed by atoms with E-state index in [-0.39, 0.29) is 17.5 Å². The first-order chi connectivity index (χ1) is 13.0. The summed E-state index contributed by atoms with van der Waals surface area (Å²) in [6.45, 7) is 4.28. The van der Waals surface area contributed by atoms with Crippen molar-refractivity contribution in [2.75, 3.05) is 45.3 Å². The Hall–Kier alpha value is -2.26. The van der Waals surface area contributed by atoms with E-state index < -0.39 is 0 Å². The monoisotopic (exact) mass is 391 g/mol. The lowest BCUT2D eigenvalue weighted by Crippen LogP contribution is -2.43. The number of nitrogens with zero attached hydrogens (tertiary/aromatic N) is 5. The maximum Gasteiger partial charge on any atom is 0.269 e. The van der Waals surface area contributed by atoms with Crippen LogP contribution in [0.3, 0.4) is 0 Å². The van der Waals surface area contributed by atoms with Crippen LogP contribution < -0.4 is 10.5 Å². The molecule has 0 spiro atoms. The summed E-state index contributed by atoms with van der Waals surface area (Å²) >= 11 is 1.29. The number of aryl methyl sites for hydroxylation is 1. The average Bonchev–Trinajstić information content (AvgIpc) is 3.11. The Morgan fingerprint density at radius 1 is 1.48 bits per heavy atom. The van der Waals surface area contributed by atoms with E-state index in [1.54, 1.807) is 29.7 Å². The molecule has 9 heteroatoms. The number of likely N-dealkylation sites (N-methyl/N-ethyl adjacent to an activating group) is 1. The molecule has 27 heavy (non-hydrogen) atoms. The Labute approximate surface area is 162 Å². The van der Waals surface area contributed by atoms with Gasteiger partial charge in [0.15, 0.2) is 0 Å². The Morgan fingerprint density at radius 3 is 2.96 bits per heavy atom. The quantitative estimate of drug-likeness (QED) is 0.744. The van der Waals surface area contributed by atoms with Gasteiger partial charge in [0.25, 0.3) is 11.5 Å². The summed E-state index contributed by atoms with van der Waals surface area (Å²) in [4.78, 5) is 29.1. The molecule has 2 aromatic heterocycles. The SMILES string of the molecule is COCCN(C)c1cnn(C2CCCN(C(=O)c3csnc3C)C2)c(=O)c1. The molecule has 8 nitrogen and oxygen atoms in total. The predicted octanol–water partition coefficient (Wildman–Crippen LogP) is 1.57. The van der Waals surface area contributed by atoms with Crippen LogP contribution in [-0.2, 0) is 4.74 Å². The summed E-state index contributed by atoms with van der Waals surface area (Å²) in [5.74, 6) is -0.0186. The molecule has 146 valence electrons. The second-order valence-corrected chi connectivity index (χ2v) is 7.40. The fourth-order valence-corrected chi connectivity index (χ4v) is 3.94. The third-order valence-electron chi connectivity index (χ3n) is 4.89. The zero-order chi connectivity index (χ0) is 19.4. The van der Waals surface area contributed by atoms with Crippen LogP contribution in [0.2, 0.25) is 0 Å². The van der Waals surface area contributed by atoms with Crippen LogP contribution in [0.1, 0.15) is 34.9 Å². The van der Waals surface area contributed by atoms with Gasteiger partial charge in [-0.3, -0.25) is 9.59 Å². The summed E-state index contributed by atoms with van der Waals surface area (Å²) in [6.07, 6.45) is 3.37. The molecule has 1 unspecified atom stereocenters. The lowest BCUT2D eigenvalue weighted by Gasteiger charge is -2.33. The van der Waals surface area contributed by atoms with Gasteiger partial charge in [-0.15, -0.1) is 0 Å². The number of carbonyl (C=O) groups excluding carboxylic acids is 1. The number of likely N-dealkylation sites (tertiary alicyclic amines) is 1. The first-order valence-electron chi connectivity index (χ1n) is 9.00. The molecule has 0 aromatic carbocycles. The van der Waals surface area contributed by atoms with Crippen LogP contribution in [-0.4, -0.2) is 65.4 Å². The molecule has 0 saturated carbocycles. The van der Waals surface area contributed by atoms with Crippen molar-refractivity contribution in [1.29, 1.82) is 0 Å². The molecule has 3 heterocycles. The smallest absolute Gasteiger partial charge is 0.269 e. The van der Waals surface area contributed by atoms with E-state index in [1.165, 1.54) is 16.2 Å². The number of anilines is 1. The van der Waals surface area contributed by atoms with Crippen molar-refractivity contribution in [2.24, 2.45) is 0 Å². The predicted molar refractivity (Wildman–Crippen MR) is 105 cm³/mol. The highest BCUT2D eigenvalue weighted by Crippen LogP contribution is 2.23. The van der Waals surface area contributed by atoms with Crippen LogP contribution in [0.15, 0.2) is 22.4 Å². The van der Waals surface area contributed by atoms with Crippen LogP contribution in [0.4, 0.5) is 5.69 Å². The molecule has 1 amide bonds. The van der Waals surface area contributed by atoms with Crippen molar-refractivity contribution in [3.8, 4) is 0 Å². The molecule has 2 aromatic rings. The fourth-order valence-electron chi connectivity index (χ4n) is 3.26. The number of methoxy groups -OCH3 is 1. The summed E-state index contributed by atoms with van der Waals surface area (Å²) in [5, 5.41) is 6.17. The van der Waals surface area contributed by atoms with Gasteiger partial charge in [-0.2, -0.15) is 9.47 Å². The summed E-state index contributed by atoms with van der Waals surface area (Å²) in [6, 6.07) is 1.48. The third kappa shape index (κ3) is 4.36. The number of hydrogen-bond acceptors (Lipinski definition) is 7. The van der Waals surface area contributed by atoms with Gasteiger partial charge < -0.3 is 14.5 Å². The zero-order valence-electron chi connectivity index (χ0n) is 15.9. The first-order valence-corrected chi connectivity index (χ1v) is 9.84. The van der Waals surface area contributed by atoms with E-state index in [4.69, 9.17) is 4.74 Å². The van der Waals surface area contributed by atoms with Crippen LogP contribution in [0.5, 0.6) is 0 Å². The molecule has 1 aliphatic rings. The number of piperidine rings is 1. The third-order valence-corrected chi connectivity index (χ3v) is 5.61. The summed E-state index contributed by atoms with van der Waals surface area (Å²) in [5.41, 5.74) is 2.02. The van der Waals surface area contributed by atoms with Crippen molar-refractivity contribution in [2.45, 2.75) is 25.8 Å². The maximum atomic E-state index is 12.8. The normalized spacial score (nSPS) is 17.1. The maximum absolute atomic E-state index is 12.8. The Morgan fingerprint density at radius 2 is 2.30 bits per heavy atom. The van der Waals surface area contributed by atoms with E-state index in [0.29, 0.717) is 31.8 Å². The molecule has 1 saturated heterocycles. The van der Waals surface area contributed by atoms with E-state index in [9.17, 15) is 9.59 Å². The summed E-state index contributed by atoms with van der Waals surface area (Å²) in [7, 11) is 3.55. The van der Waals surface area contributed by atoms with Gasteiger partial charge in [-0.05, 0) is 31.3 Å². The second-order valence-electron chi connectivity index (χ2n) is 6.77. The fraction of sp³-hybridized carbons (Fsp3) is 0.556. The molecule has 1 atom stereocenters. The number of hydrogen-bond donors (Lipinski definition) is 0. The molecule has 0 radical (unpaired) electrons. The van der Waals surface area contributed by atoms with E-state index in [0.717, 1.165) is 24.2 Å². The topological polar surface area (TPSA) is 80.6 Å². The van der Waals surface area contributed by atoms with Crippen LogP contribution in [0, 0.1) is 6.92 Å². The van der Waals surface area contributed by atoms with Crippen molar-refractivity contribution in [3.63, 3.8) is 0 Å². The Balaban J connectivity index is 1.73. The van der Waals surface area contributed by atoms with Crippen molar-refractivity contribution >= 4 is 23.1 Å². The van der Waals surface area contributed by atoms with Gasteiger partial charge in [0.05, 0.1) is 35.8 Å². The van der Waals surface area contributed by atoms with Gasteiger partial charge in [0.2, 0.25) is 0 Å². The van der Waals surface area contributed by atoms with Crippen molar-refractivity contribution < 1.29 is 9.53 Å².